The summed E-state index contributed by atoms with van der Waals surface area (Å²) >= 11 is 0. The number of rotatable bonds is 52. The normalized spacial score (nSPS) is 12.2. The molecule has 0 aliphatic carbocycles. The number of aliphatic hydroxyl groups excluding tert-OH is 1. The number of hydrogen-bond acceptors (Lipinski definition) is 5. The molecule has 1 unspecified atom stereocenters. The average molecular weight is 873 g/mol. The zero-order valence-electron chi connectivity index (χ0n) is 41.9. The summed E-state index contributed by atoms with van der Waals surface area (Å²) < 4.78 is 10.6. The first-order valence-corrected chi connectivity index (χ1v) is 27.9. The maximum Gasteiger partial charge on any atom is 0.306 e. The minimum atomic E-state index is -0.763. The molecule has 0 rings (SSSR count). The van der Waals surface area contributed by atoms with Crippen LogP contribution in [0.2, 0.25) is 0 Å². The minimum absolute atomic E-state index is 0.0588. The maximum atomic E-state index is 12.2. The van der Waals surface area contributed by atoms with Gasteiger partial charge in [0.05, 0.1) is 6.61 Å². The Hall–Kier alpha value is -1.62. The molecule has 5 heteroatoms. The first-order chi connectivity index (χ1) is 30.6. The lowest BCUT2D eigenvalue weighted by Crippen LogP contribution is -2.28. The van der Waals surface area contributed by atoms with Crippen molar-refractivity contribution in [2.45, 2.75) is 315 Å². The van der Waals surface area contributed by atoms with E-state index >= 15 is 0 Å². The molecule has 0 amide bonds. The second-order valence-electron chi connectivity index (χ2n) is 19.0. The van der Waals surface area contributed by atoms with Gasteiger partial charge in [0, 0.05) is 12.8 Å². The van der Waals surface area contributed by atoms with Crippen LogP contribution in [-0.2, 0) is 19.1 Å². The number of carbonyl (C=O) groups excluding carboxylic acids is 2. The van der Waals surface area contributed by atoms with Crippen molar-refractivity contribution in [3.63, 3.8) is 0 Å². The average Bonchev–Trinajstić information content (AvgIpc) is 3.28. The number of aliphatic hydroxyl groups is 1. The Bertz CT molecular complexity index is 943. The van der Waals surface area contributed by atoms with Gasteiger partial charge in [0.1, 0.15) is 6.61 Å². The van der Waals surface area contributed by atoms with E-state index in [9.17, 15) is 14.7 Å². The zero-order chi connectivity index (χ0) is 44.9. The van der Waals surface area contributed by atoms with E-state index in [1.54, 1.807) is 0 Å². The Balaban J connectivity index is 3.32. The lowest BCUT2D eigenvalue weighted by atomic mass is 10.0. The summed E-state index contributed by atoms with van der Waals surface area (Å²) in [5.74, 6) is -0.577. The van der Waals surface area contributed by atoms with Crippen LogP contribution in [0.15, 0.2) is 24.3 Å². The predicted octanol–water partition coefficient (Wildman–Crippen LogP) is 18.5. The highest BCUT2D eigenvalue weighted by Crippen LogP contribution is 2.17. The molecule has 0 bridgehead atoms. The third-order valence-electron chi connectivity index (χ3n) is 12.7. The molecule has 0 aromatic heterocycles. The van der Waals surface area contributed by atoms with E-state index in [-0.39, 0.29) is 25.2 Å². The first kappa shape index (κ1) is 60.4. The van der Waals surface area contributed by atoms with Crippen molar-refractivity contribution < 1.29 is 24.2 Å². The van der Waals surface area contributed by atoms with Crippen molar-refractivity contribution in [3.05, 3.63) is 24.3 Å². The van der Waals surface area contributed by atoms with Crippen LogP contribution in [0.1, 0.15) is 309 Å². The van der Waals surface area contributed by atoms with Crippen LogP contribution >= 0.6 is 0 Å². The molecule has 0 saturated heterocycles. The van der Waals surface area contributed by atoms with Crippen molar-refractivity contribution in [2.24, 2.45) is 0 Å². The highest BCUT2D eigenvalue weighted by molar-refractivity contribution is 5.70. The van der Waals surface area contributed by atoms with Crippen molar-refractivity contribution in [2.75, 3.05) is 13.2 Å². The summed E-state index contributed by atoms with van der Waals surface area (Å²) in [4.78, 5) is 24.3. The molecule has 0 spiro atoms. The Labute approximate surface area is 387 Å². The van der Waals surface area contributed by atoms with E-state index in [4.69, 9.17) is 9.47 Å². The quantitative estimate of drug-likeness (QED) is 0.0374. The molecule has 0 aromatic rings. The highest BCUT2D eigenvalue weighted by atomic mass is 16.6. The van der Waals surface area contributed by atoms with Crippen LogP contribution in [0.5, 0.6) is 0 Å². The predicted molar refractivity (Wildman–Crippen MR) is 270 cm³/mol. The van der Waals surface area contributed by atoms with Crippen LogP contribution in [0.3, 0.4) is 0 Å². The third kappa shape index (κ3) is 51.0. The maximum absolute atomic E-state index is 12.2. The summed E-state index contributed by atoms with van der Waals surface area (Å²) in [6.07, 6.45) is 67.6. The van der Waals surface area contributed by atoms with Gasteiger partial charge < -0.3 is 14.6 Å². The van der Waals surface area contributed by atoms with Gasteiger partial charge in [0.25, 0.3) is 0 Å². The van der Waals surface area contributed by atoms with E-state index in [0.717, 1.165) is 44.9 Å². The fraction of sp³-hybridized carbons (Fsp3) is 0.895. The fourth-order valence-electron chi connectivity index (χ4n) is 8.53. The lowest BCUT2D eigenvalue weighted by molar-refractivity contribution is -0.161. The molecular weight excluding hydrogens is 765 g/mol. The summed E-state index contributed by atoms with van der Waals surface area (Å²) in [5, 5.41) is 9.58. The van der Waals surface area contributed by atoms with Crippen LogP contribution in [0.4, 0.5) is 0 Å². The van der Waals surface area contributed by atoms with Crippen LogP contribution in [0, 0.1) is 0 Å². The zero-order valence-corrected chi connectivity index (χ0v) is 41.9. The van der Waals surface area contributed by atoms with Crippen LogP contribution in [0.25, 0.3) is 0 Å². The molecule has 0 aliphatic heterocycles. The Kier molecular flexibility index (Phi) is 52.3. The standard InChI is InChI=1S/C57H108O5/c1-3-5-7-9-11-13-14-15-16-17-18-19-20-21-22-23-24-25-26-27-28-29-30-31-32-33-34-35-36-37-38-39-40-41-42-44-46-48-50-52-57(60)62-55(53-58)54-61-56(59)51-49-47-45-43-12-10-8-6-4-2/h14-15,17-18,55,58H,3-13,16,19-54H2,1-2H3/b15-14-,18-17-. The van der Waals surface area contributed by atoms with E-state index in [0.29, 0.717) is 12.8 Å². The molecule has 0 saturated carbocycles. The molecule has 366 valence electrons. The molecule has 0 heterocycles. The number of carbonyl (C=O) groups is 2. The molecule has 0 radical (unpaired) electrons. The van der Waals surface area contributed by atoms with Gasteiger partial charge in [-0.3, -0.25) is 9.59 Å². The van der Waals surface area contributed by atoms with Crippen molar-refractivity contribution in [3.8, 4) is 0 Å². The molecule has 5 nitrogen and oxygen atoms in total. The summed E-state index contributed by atoms with van der Waals surface area (Å²) in [5.41, 5.74) is 0. The van der Waals surface area contributed by atoms with Crippen LogP contribution < -0.4 is 0 Å². The number of unbranched alkanes of at least 4 members (excludes halogenated alkanes) is 40. The SMILES string of the molecule is CCCCCCC/C=C\C/C=C\CCCCCCCCCCCCCCCCCCCCCCCCCCCCCC(=O)OC(CO)COC(=O)CCCCCCCCCCC. The molecule has 0 fully saturated rings. The van der Waals surface area contributed by atoms with Crippen molar-refractivity contribution in [1.82, 2.24) is 0 Å². The molecule has 62 heavy (non-hydrogen) atoms. The van der Waals surface area contributed by atoms with Gasteiger partial charge in [-0.2, -0.15) is 0 Å². The van der Waals surface area contributed by atoms with Crippen molar-refractivity contribution in [1.29, 1.82) is 0 Å². The van der Waals surface area contributed by atoms with Gasteiger partial charge in [0.15, 0.2) is 6.10 Å². The number of ether oxygens (including phenoxy) is 2. The van der Waals surface area contributed by atoms with E-state index < -0.39 is 6.10 Å². The van der Waals surface area contributed by atoms with Gasteiger partial charge >= 0.3 is 11.9 Å². The molecular formula is C57H108O5. The molecule has 1 atom stereocenters. The molecule has 1 N–H and O–H groups in total. The minimum Gasteiger partial charge on any atom is -0.462 e. The van der Waals surface area contributed by atoms with E-state index in [1.165, 1.54) is 238 Å². The smallest absolute Gasteiger partial charge is 0.306 e. The first-order valence-electron chi connectivity index (χ1n) is 27.9. The number of hydrogen-bond donors (Lipinski definition) is 1. The largest absolute Gasteiger partial charge is 0.462 e. The number of allylic oxidation sites excluding steroid dienone is 4. The van der Waals surface area contributed by atoms with Gasteiger partial charge in [-0.25, -0.2) is 0 Å². The Morgan fingerprint density at radius 3 is 0.952 bits per heavy atom. The number of esters is 2. The van der Waals surface area contributed by atoms with E-state index in [1.807, 2.05) is 0 Å². The van der Waals surface area contributed by atoms with Crippen molar-refractivity contribution >= 4 is 11.9 Å². The van der Waals surface area contributed by atoms with Gasteiger partial charge in [-0.15, -0.1) is 0 Å². The summed E-state index contributed by atoms with van der Waals surface area (Å²) in [6.45, 7) is 4.14. The Morgan fingerprint density at radius 2 is 0.645 bits per heavy atom. The van der Waals surface area contributed by atoms with Crippen LogP contribution in [-0.4, -0.2) is 36.4 Å². The highest BCUT2D eigenvalue weighted by Gasteiger charge is 2.16. The van der Waals surface area contributed by atoms with Gasteiger partial charge in [-0.05, 0) is 44.9 Å². The topological polar surface area (TPSA) is 72.8 Å². The molecule has 0 aromatic carbocycles. The third-order valence-corrected chi connectivity index (χ3v) is 12.7. The van der Waals surface area contributed by atoms with Gasteiger partial charge in [0.2, 0.25) is 0 Å². The van der Waals surface area contributed by atoms with Gasteiger partial charge in [-0.1, -0.05) is 276 Å². The second-order valence-corrected chi connectivity index (χ2v) is 19.0. The second kappa shape index (κ2) is 53.7. The fourth-order valence-corrected chi connectivity index (χ4v) is 8.53. The summed E-state index contributed by atoms with van der Waals surface area (Å²) in [7, 11) is 0. The Morgan fingerprint density at radius 1 is 0.371 bits per heavy atom. The molecule has 0 aliphatic rings. The summed E-state index contributed by atoms with van der Waals surface area (Å²) in [6, 6.07) is 0. The van der Waals surface area contributed by atoms with E-state index in [2.05, 4.69) is 38.2 Å². The monoisotopic (exact) mass is 873 g/mol. The lowest BCUT2D eigenvalue weighted by Gasteiger charge is -2.15.